The van der Waals surface area contributed by atoms with Gasteiger partial charge in [0.25, 0.3) is 0 Å². The van der Waals surface area contributed by atoms with E-state index in [9.17, 15) is 14.4 Å². The van der Waals surface area contributed by atoms with Gasteiger partial charge in [0.05, 0.1) is 0 Å². The number of rotatable bonds is 4. The Morgan fingerprint density at radius 1 is 1.07 bits per heavy atom. The number of esters is 3. The molecule has 0 bridgehead atoms. The van der Waals surface area contributed by atoms with Crippen molar-refractivity contribution in [1.29, 1.82) is 0 Å². The van der Waals surface area contributed by atoms with E-state index in [-0.39, 0.29) is 0 Å². The molecule has 4 N–H and O–H groups in total. The quantitative estimate of drug-likeness (QED) is 0.425. The van der Waals surface area contributed by atoms with Crippen LogP contribution in [0.4, 0.5) is 0 Å². The molecule has 7 heteroatoms. The molecule has 0 heterocycles. The van der Waals surface area contributed by atoms with Crippen molar-refractivity contribution in [2.24, 2.45) is 11.5 Å². The molecule has 0 spiro atoms. The fourth-order valence-corrected chi connectivity index (χ4v) is 0.496. The smallest absolute Gasteiger partial charge is 0.351 e. The number of nitrogens with two attached hydrogens (primary N) is 2. The minimum atomic E-state index is -0.980. The molecule has 2 atom stereocenters. The van der Waals surface area contributed by atoms with Gasteiger partial charge in [-0.3, -0.25) is 4.79 Å². The monoisotopic (exact) mass is 218 g/mol. The van der Waals surface area contributed by atoms with Crippen LogP contribution in [0.5, 0.6) is 0 Å². The third kappa shape index (κ3) is 5.76. The molecule has 0 amide bonds. The second kappa shape index (κ2) is 6.10. The van der Waals surface area contributed by atoms with Gasteiger partial charge in [-0.1, -0.05) is 0 Å². The normalized spacial score (nSPS) is 13.9. The van der Waals surface area contributed by atoms with E-state index in [2.05, 4.69) is 9.47 Å². The summed E-state index contributed by atoms with van der Waals surface area (Å²) in [5.41, 5.74) is 10.3. The highest BCUT2D eigenvalue weighted by Gasteiger charge is 2.17. The SMILES string of the molecule is C[C@H](N)C(=O)OCC(=O)OC(=O)[C@H](C)N. The van der Waals surface area contributed by atoms with Crippen LogP contribution in [0.25, 0.3) is 0 Å². The molecular formula is C8H14N2O5. The van der Waals surface area contributed by atoms with Crippen molar-refractivity contribution in [3.05, 3.63) is 0 Å². The molecule has 0 aliphatic rings. The van der Waals surface area contributed by atoms with Gasteiger partial charge < -0.3 is 20.9 Å². The zero-order valence-electron chi connectivity index (χ0n) is 8.56. The summed E-state index contributed by atoms with van der Waals surface area (Å²) in [6, 6.07) is -1.74. The molecule has 0 aromatic carbocycles. The summed E-state index contributed by atoms with van der Waals surface area (Å²) >= 11 is 0. The van der Waals surface area contributed by atoms with Crippen LogP contribution in [0.1, 0.15) is 13.8 Å². The van der Waals surface area contributed by atoms with Gasteiger partial charge in [0.15, 0.2) is 6.61 Å². The van der Waals surface area contributed by atoms with Gasteiger partial charge in [0.1, 0.15) is 12.1 Å². The predicted molar refractivity (Wildman–Crippen MR) is 49.4 cm³/mol. The van der Waals surface area contributed by atoms with Crippen molar-refractivity contribution in [2.75, 3.05) is 6.61 Å². The zero-order chi connectivity index (χ0) is 12.0. The molecule has 0 aromatic heterocycles. The minimum absolute atomic E-state index is 0.654. The first kappa shape index (κ1) is 13.5. The maximum atomic E-state index is 10.9. The van der Waals surface area contributed by atoms with E-state index in [1.165, 1.54) is 13.8 Å². The van der Waals surface area contributed by atoms with Crippen molar-refractivity contribution in [3.63, 3.8) is 0 Å². The maximum Gasteiger partial charge on any atom is 0.351 e. The van der Waals surface area contributed by atoms with E-state index < -0.39 is 36.6 Å². The molecule has 86 valence electrons. The van der Waals surface area contributed by atoms with Crippen molar-refractivity contribution in [1.82, 2.24) is 0 Å². The molecule has 0 rings (SSSR count). The third-order valence-electron chi connectivity index (χ3n) is 1.29. The van der Waals surface area contributed by atoms with Crippen LogP contribution in [0.2, 0.25) is 0 Å². The molecule has 15 heavy (non-hydrogen) atoms. The van der Waals surface area contributed by atoms with Gasteiger partial charge in [-0.15, -0.1) is 0 Å². The Kier molecular flexibility index (Phi) is 5.50. The summed E-state index contributed by atoms with van der Waals surface area (Å²) in [5, 5.41) is 0. The van der Waals surface area contributed by atoms with Crippen LogP contribution < -0.4 is 11.5 Å². The van der Waals surface area contributed by atoms with E-state index in [0.717, 1.165) is 0 Å². The molecule has 0 saturated carbocycles. The Bertz CT molecular complexity index is 262. The van der Waals surface area contributed by atoms with Crippen LogP contribution >= 0.6 is 0 Å². The Hall–Kier alpha value is -1.47. The Balaban J connectivity index is 3.86. The summed E-state index contributed by atoms with van der Waals surface area (Å²) < 4.78 is 8.64. The number of carbonyl (C=O) groups excluding carboxylic acids is 3. The van der Waals surface area contributed by atoms with Crippen molar-refractivity contribution in [3.8, 4) is 0 Å². The highest BCUT2D eigenvalue weighted by Crippen LogP contribution is 1.89. The highest BCUT2D eigenvalue weighted by molar-refractivity contribution is 5.89. The first-order valence-corrected chi connectivity index (χ1v) is 4.27. The number of hydrogen-bond donors (Lipinski definition) is 2. The van der Waals surface area contributed by atoms with E-state index in [1.807, 2.05) is 0 Å². The fourth-order valence-electron chi connectivity index (χ4n) is 0.496. The Labute approximate surface area is 86.7 Å². The van der Waals surface area contributed by atoms with Gasteiger partial charge in [-0.2, -0.15) is 0 Å². The minimum Gasteiger partial charge on any atom is -0.453 e. The average Bonchev–Trinajstić information content (AvgIpc) is 2.13. The standard InChI is InChI=1S/C8H14N2O5/c1-4(9)7(12)14-3-6(11)15-8(13)5(2)10/h4-5H,3,9-10H2,1-2H3/t4-,5-/m0/s1. The lowest BCUT2D eigenvalue weighted by molar-refractivity contribution is -0.167. The van der Waals surface area contributed by atoms with E-state index in [0.29, 0.717) is 0 Å². The van der Waals surface area contributed by atoms with Crippen LogP contribution in [0.15, 0.2) is 0 Å². The van der Waals surface area contributed by atoms with Crippen molar-refractivity contribution < 1.29 is 23.9 Å². The fraction of sp³-hybridized carbons (Fsp3) is 0.625. The Morgan fingerprint density at radius 3 is 1.93 bits per heavy atom. The maximum absolute atomic E-state index is 10.9. The van der Waals surface area contributed by atoms with Crippen LogP contribution in [0.3, 0.4) is 0 Å². The molecule has 0 aliphatic carbocycles. The molecule has 0 saturated heterocycles. The summed E-state index contributed by atoms with van der Waals surface area (Å²) in [7, 11) is 0. The second-order valence-electron chi connectivity index (χ2n) is 2.98. The lowest BCUT2D eigenvalue weighted by Gasteiger charge is -2.07. The summed E-state index contributed by atoms with van der Waals surface area (Å²) in [4.78, 5) is 32.5. The highest BCUT2D eigenvalue weighted by atomic mass is 16.6. The first-order chi connectivity index (χ1) is 6.84. The van der Waals surface area contributed by atoms with Gasteiger partial charge >= 0.3 is 17.9 Å². The average molecular weight is 218 g/mol. The molecule has 7 nitrogen and oxygen atoms in total. The molecular weight excluding hydrogens is 204 g/mol. The predicted octanol–water partition coefficient (Wildman–Crippen LogP) is -1.71. The molecule has 0 fully saturated rings. The zero-order valence-corrected chi connectivity index (χ0v) is 8.56. The van der Waals surface area contributed by atoms with Crippen LogP contribution in [-0.4, -0.2) is 36.6 Å². The van der Waals surface area contributed by atoms with E-state index >= 15 is 0 Å². The van der Waals surface area contributed by atoms with Gasteiger partial charge in [0.2, 0.25) is 0 Å². The van der Waals surface area contributed by atoms with E-state index in [1.54, 1.807) is 0 Å². The van der Waals surface area contributed by atoms with Gasteiger partial charge in [-0.25, -0.2) is 9.59 Å². The molecule has 0 unspecified atom stereocenters. The third-order valence-corrected chi connectivity index (χ3v) is 1.29. The van der Waals surface area contributed by atoms with Crippen LogP contribution in [0, 0.1) is 0 Å². The van der Waals surface area contributed by atoms with E-state index in [4.69, 9.17) is 11.5 Å². The Morgan fingerprint density at radius 2 is 1.53 bits per heavy atom. The van der Waals surface area contributed by atoms with Crippen molar-refractivity contribution >= 4 is 17.9 Å². The first-order valence-electron chi connectivity index (χ1n) is 4.27. The van der Waals surface area contributed by atoms with Gasteiger partial charge in [-0.05, 0) is 13.8 Å². The largest absolute Gasteiger partial charge is 0.453 e. The van der Waals surface area contributed by atoms with Crippen molar-refractivity contribution in [2.45, 2.75) is 25.9 Å². The molecule has 0 radical (unpaired) electrons. The summed E-state index contributed by atoms with van der Waals surface area (Å²) in [5.74, 6) is -2.61. The number of carbonyl (C=O) groups is 3. The lowest BCUT2D eigenvalue weighted by Crippen LogP contribution is -2.34. The molecule has 0 aromatic rings. The summed E-state index contributed by atoms with van der Waals surface area (Å²) in [6.07, 6.45) is 0. The topological polar surface area (TPSA) is 122 Å². The van der Waals surface area contributed by atoms with Gasteiger partial charge in [0, 0.05) is 0 Å². The molecule has 0 aliphatic heterocycles. The second-order valence-corrected chi connectivity index (χ2v) is 2.98. The summed E-state index contributed by atoms with van der Waals surface area (Å²) in [6.45, 7) is 2.11. The van der Waals surface area contributed by atoms with Crippen LogP contribution in [-0.2, 0) is 23.9 Å². The number of ether oxygens (including phenoxy) is 2. The number of hydrogen-bond acceptors (Lipinski definition) is 7. The lowest BCUT2D eigenvalue weighted by atomic mass is 10.4.